The molecule has 0 spiro atoms. The van der Waals surface area contributed by atoms with Crippen LogP contribution >= 0.6 is 0 Å². The summed E-state index contributed by atoms with van der Waals surface area (Å²) in [6.45, 7) is 3.98. The van der Waals surface area contributed by atoms with Crippen molar-refractivity contribution in [3.05, 3.63) is 0 Å². The molecule has 0 aromatic rings. The number of methoxy groups -OCH3 is 1. The molecule has 0 radical (unpaired) electrons. The Kier molecular flexibility index (Phi) is 6.54. The fourth-order valence-corrected chi connectivity index (χ4v) is 1.43. The van der Waals surface area contributed by atoms with Crippen LogP contribution in [0.5, 0.6) is 0 Å². The van der Waals surface area contributed by atoms with Crippen LogP contribution < -0.4 is 0 Å². The molecule has 0 aromatic heterocycles. The van der Waals surface area contributed by atoms with Crippen molar-refractivity contribution in [3.63, 3.8) is 0 Å². The quantitative estimate of drug-likeness (QED) is 0.509. The number of hydrogen-bond donors (Lipinski definition) is 1. The lowest BCUT2D eigenvalue weighted by Crippen LogP contribution is -2.26. The van der Waals surface area contributed by atoms with Crippen molar-refractivity contribution in [2.75, 3.05) is 7.11 Å². The van der Waals surface area contributed by atoms with Crippen LogP contribution in [0.4, 0.5) is 0 Å². The van der Waals surface area contributed by atoms with Crippen LogP contribution in [-0.4, -0.2) is 23.8 Å². The molecule has 1 N–H and O–H groups in total. The van der Waals surface area contributed by atoms with E-state index in [4.69, 9.17) is 0 Å². The lowest BCUT2D eigenvalue weighted by molar-refractivity contribution is -0.140. The molecule has 3 heteroatoms. The van der Waals surface area contributed by atoms with Gasteiger partial charge < -0.3 is 9.84 Å². The van der Waals surface area contributed by atoms with Gasteiger partial charge in [-0.15, -0.1) is 0 Å². The second kappa shape index (κ2) is 6.82. The molecule has 0 bridgehead atoms. The van der Waals surface area contributed by atoms with Crippen molar-refractivity contribution >= 4 is 5.97 Å². The van der Waals surface area contributed by atoms with Gasteiger partial charge in [0.15, 0.2) is 0 Å². The normalized spacial score (nSPS) is 11.4. The monoisotopic (exact) mass is 202 g/mol. The third kappa shape index (κ3) is 5.22. The second-order valence-electron chi connectivity index (χ2n) is 3.71. The highest BCUT2D eigenvalue weighted by Gasteiger charge is 2.21. The van der Waals surface area contributed by atoms with Crippen LogP contribution in [-0.2, 0) is 9.53 Å². The van der Waals surface area contributed by atoms with Crippen LogP contribution in [0, 0.1) is 0 Å². The molecule has 0 atom stereocenters. The fourth-order valence-electron chi connectivity index (χ4n) is 1.43. The molecule has 0 aliphatic heterocycles. The highest BCUT2D eigenvalue weighted by atomic mass is 16.5. The Balaban J connectivity index is 3.57. The zero-order valence-corrected chi connectivity index (χ0v) is 9.51. The average Bonchev–Trinajstić information content (AvgIpc) is 2.23. The van der Waals surface area contributed by atoms with Crippen molar-refractivity contribution in [1.29, 1.82) is 0 Å². The molecule has 0 unspecified atom stereocenters. The summed E-state index contributed by atoms with van der Waals surface area (Å²) >= 11 is 0. The van der Waals surface area contributed by atoms with E-state index in [1.54, 1.807) is 0 Å². The number of esters is 1. The van der Waals surface area contributed by atoms with Gasteiger partial charge in [-0.3, -0.25) is 4.79 Å². The summed E-state index contributed by atoms with van der Waals surface area (Å²) in [7, 11) is 1.40. The minimum atomic E-state index is -0.532. The lowest BCUT2D eigenvalue weighted by Gasteiger charge is -2.24. The number of carbonyl (C=O) groups excluding carboxylic acids is 1. The maximum absolute atomic E-state index is 10.8. The largest absolute Gasteiger partial charge is 0.469 e. The third-order valence-electron chi connectivity index (χ3n) is 2.82. The van der Waals surface area contributed by atoms with E-state index in [-0.39, 0.29) is 5.97 Å². The topological polar surface area (TPSA) is 46.5 Å². The SMILES string of the molecule is CCC(O)(CC)CCCCC(=O)OC. The molecule has 0 rings (SSSR count). The number of ether oxygens (including phenoxy) is 1. The number of aliphatic hydroxyl groups is 1. The maximum Gasteiger partial charge on any atom is 0.305 e. The zero-order chi connectivity index (χ0) is 11.0. The van der Waals surface area contributed by atoms with Gasteiger partial charge in [-0.05, 0) is 25.7 Å². The van der Waals surface area contributed by atoms with Gasteiger partial charge in [0.2, 0.25) is 0 Å². The Morgan fingerprint density at radius 3 is 2.29 bits per heavy atom. The summed E-state index contributed by atoms with van der Waals surface area (Å²) in [5, 5.41) is 9.94. The van der Waals surface area contributed by atoms with Crippen LogP contribution in [0.25, 0.3) is 0 Å². The van der Waals surface area contributed by atoms with E-state index in [2.05, 4.69) is 4.74 Å². The minimum absolute atomic E-state index is 0.165. The molecule has 0 aromatic carbocycles. The number of unbranched alkanes of at least 4 members (excludes halogenated alkanes) is 1. The smallest absolute Gasteiger partial charge is 0.305 e. The van der Waals surface area contributed by atoms with Gasteiger partial charge in [-0.25, -0.2) is 0 Å². The molecule has 0 saturated carbocycles. The highest BCUT2D eigenvalue weighted by Crippen LogP contribution is 2.22. The van der Waals surface area contributed by atoms with Crippen LogP contribution in [0.1, 0.15) is 52.4 Å². The van der Waals surface area contributed by atoms with Crippen molar-refractivity contribution < 1.29 is 14.6 Å². The number of rotatable bonds is 7. The first-order valence-electron chi connectivity index (χ1n) is 5.37. The van der Waals surface area contributed by atoms with E-state index in [0.29, 0.717) is 6.42 Å². The summed E-state index contributed by atoms with van der Waals surface area (Å²) in [6.07, 6.45) is 4.47. The molecule has 0 amide bonds. The standard InChI is InChI=1S/C11H22O3/c1-4-11(13,5-2)9-7-6-8-10(12)14-3/h13H,4-9H2,1-3H3. The average molecular weight is 202 g/mol. The van der Waals surface area contributed by atoms with E-state index in [1.807, 2.05) is 13.8 Å². The predicted molar refractivity (Wildman–Crippen MR) is 56.0 cm³/mol. The maximum atomic E-state index is 10.8. The summed E-state index contributed by atoms with van der Waals surface area (Å²) in [5.41, 5.74) is -0.532. The molecule has 0 saturated heterocycles. The molecule has 14 heavy (non-hydrogen) atoms. The van der Waals surface area contributed by atoms with Gasteiger partial charge in [0, 0.05) is 6.42 Å². The Morgan fingerprint density at radius 2 is 1.86 bits per heavy atom. The second-order valence-corrected chi connectivity index (χ2v) is 3.71. The Morgan fingerprint density at radius 1 is 1.29 bits per heavy atom. The molecular formula is C11H22O3. The Hall–Kier alpha value is -0.570. The summed E-state index contributed by atoms with van der Waals surface area (Å²) < 4.78 is 4.53. The van der Waals surface area contributed by atoms with Crippen LogP contribution in [0.15, 0.2) is 0 Å². The van der Waals surface area contributed by atoms with Crippen molar-refractivity contribution in [2.45, 2.75) is 58.0 Å². The van der Waals surface area contributed by atoms with Gasteiger partial charge in [0.05, 0.1) is 12.7 Å². The van der Waals surface area contributed by atoms with Crippen molar-refractivity contribution in [1.82, 2.24) is 0 Å². The van der Waals surface area contributed by atoms with Gasteiger partial charge in [-0.2, -0.15) is 0 Å². The minimum Gasteiger partial charge on any atom is -0.469 e. The molecule has 0 fully saturated rings. The first-order valence-corrected chi connectivity index (χ1v) is 5.37. The molecular weight excluding hydrogens is 180 g/mol. The summed E-state index contributed by atoms with van der Waals surface area (Å²) in [5.74, 6) is -0.165. The van der Waals surface area contributed by atoms with Crippen LogP contribution in [0.2, 0.25) is 0 Å². The van der Waals surface area contributed by atoms with Crippen molar-refractivity contribution in [2.24, 2.45) is 0 Å². The van der Waals surface area contributed by atoms with E-state index in [9.17, 15) is 9.90 Å². The Labute approximate surface area is 86.5 Å². The van der Waals surface area contributed by atoms with Gasteiger partial charge in [0.1, 0.15) is 0 Å². The van der Waals surface area contributed by atoms with Gasteiger partial charge in [0.25, 0.3) is 0 Å². The molecule has 0 heterocycles. The van der Waals surface area contributed by atoms with Gasteiger partial charge >= 0.3 is 5.97 Å². The van der Waals surface area contributed by atoms with Crippen molar-refractivity contribution in [3.8, 4) is 0 Å². The lowest BCUT2D eigenvalue weighted by atomic mass is 9.91. The van der Waals surface area contributed by atoms with Crippen LogP contribution in [0.3, 0.4) is 0 Å². The predicted octanol–water partition coefficient (Wildman–Crippen LogP) is 2.27. The first kappa shape index (κ1) is 13.4. The third-order valence-corrected chi connectivity index (χ3v) is 2.82. The van der Waals surface area contributed by atoms with Gasteiger partial charge in [-0.1, -0.05) is 20.3 Å². The van der Waals surface area contributed by atoms with E-state index in [1.165, 1.54) is 7.11 Å². The van der Waals surface area contributed by atoms with E-state index < -0.39 is 5.60 Å². The fraction of sp³-hybridized carbons (Fsp3) is 0.909. The highest BCUT2D eigenvalue weighted by molar-refractivity contribution is 5.68. The van der Waals surface area contributed by atoms with E-state index in [0.717, 1.165) is 32.1 Å². The molecule has 0 aliphatic rings. The first-order chi connectivity index (χ1) is 6.58. The number of carbonyl (C=O) groups is 1. The Bertz CT molecular complexity index is 162. The van der Waals surface area contributed by atoms with E-state index >= 15 is 0 Å². The molecule has 3 nitrogen and oxygen atoms in total. The number of hydrogen-bond acceptors (Lipinski definition) is 3. The summed E-state index contributed by atoms with van der Waals surface area (Å²) in [4.78, 5) is 10.8. The molecule has 84 valence electrons. The molecule has 0 aliphatic carbocycles. The zero-order valence-electron chi connectivity index (χ0n) is 9.51. The summed E-state index contributed by atoms with van der Waals surface area (Å²) in [6, 6.07) is 0.